The largest absolute Gasteiger partial charge is 0.497 e. The van der Waals surface area contributed by atoms with Gasteiger partial charge in [0, 0.05) is 17.5 Å². The summed E-state index contributed by atoms with van der Waals surface area (Å²) in [7, 11) is -2.47. The van der Waals surface area contributed by atoms with Gasteiger partial charge in [0.25, 0.3) is 15.9 Å². The van der Waals surface area contributed by atoms with Crippen LogP contribution in [0.5, 0.6) is 11.5 Å². The molecule has 1 aromatic heterocycles. The Kier molecular flexibility index (Phi) is 6.12. The van der Waals surface area contributed by atoms with Crippen LogP contribution in [0, 0.1) is 6.92 Å². The molecule has 174 valence electrons. The smallest absolute Gasteiger partial charge is 0.270 e. The summed E-state index contributed by atoms with van der Waals surface area (Å²) in [6.45, 7) is 5.61. The highest BCUT2D eigenvalue weighted by atomic mass is 32.2. The number of sulfonamides is 1. The van der Waals surface area contributed by atoms with Crippen molar-refractivity contribution >= 4 is 32.4 Å². The first-order valence-electron chi connectivity index (χ1n) is 10.2. The predicted octanol–water partition coefficient (Wildman–Crippen LogP) is 3.69. The van der Waals surface area contributed by atoms with Gasteiger partial charge in [-0.15, -0.1) is 10.2 Å². The van der Waals surface area contributed by atoms with Crippen molar-refractivity contribution in [3.8, 4) is 11.5 Å². The summed E-state index contributed by atoms with van der Waals surface area (Å²) in [6.07, 6.45) is 0.405. The highest BCUT2D eigenvalue weighted by Crippen LogP contribution is 2.41. The Balaban J connectivity index is 1.56. The van der Waals surface area contributed by atoms with Gasteiger partial charge < -0.3 is 9.47 Å². The van der Waals surface area contributed by atoms with Crippen molar-refractivity contribution in [3.05, 3.63) is 59.2 Å². The fraction of sp³-hybridized carbons (Fsp3) is 0.318. The maximum atomic E-state index is 13.1. The number of ether oxygens (including phenoxy) is 2. The second-order valence-corrected chi connectivity index (χ2v) is 11.2. The van der Waals surface area contributed by atoms with Gasteiger partial charge in [-0.2, -0.15) is 0 Å². The molecule has 9 nitrogen and oxygen atoms in total. The number of hydrogen-bond acceptors (Lipinski definition) is 8. The molecule has 2 N–H and O–H groups in total. The zero-order chi connectivity index (χ0) is 23.8. The maximum absolute atomic E-state index is 13.1. The van der Waals surface area contributed by atoms with Crippen LogP contribution in [-0.2, 0) is 10.0 Å². The maximum Gasteiger partial charge on any atom is 0.270 e. The zero-order valence-electron chi connectivity index (χ0n) is 18.6. The Morgan fingerprint density at radius 3 is 2.70 bits per heavy atom. The summed E-state index contributed by atoms with van der Waals surface area (Å²) < 4.78 is 40.0. The Morgan fingerprint density at radius 1 is 1.21 bits per heavy atom. The summed E-state index contributed by atoms with van der Waals surface area (Å²) in [4.78, 5) is 12.5. The number of fused-ring (bicyclic) bond motifs is 1. The minimum Gasteiger partial charge on any atom is -0.497 e. The van der Waals surface area contributed by atoms with Gasteiger partial charge in [-0.05, 0) is 50.6 Å². The van der Waals surface area contributed by atoms with Crippen LogP contribution in [0.25, 0.3) is 0 Å². The van der Waals surface area contributed by atoms with E-state index in [9.17, 15) is 13.2 Å². The van der Waals surface area contributed by atoms with Crippen molar-refractivity contribution in [1.82, 2.24) is 14.9 Å². The molecule has 4 rings (SSSR count). The number of aryl methyl sites for hydroxylation is 1. The first-order valence-corrected chi connectivity index (χ1v) is 12.5. The average molecular weight is 489 g/mol. The molecule has 0 radical (unpaired) electrons. The molecule has 2 aromatic carbocycles. The van der Waals surface area contributed by atoms with Gasteiger partial charge in [-0.1, -0.05) is 29.5 Å². The molecule has 1 aliphatic heterocycles. The van der Waals surface area contributed by atoms with Crippen LogP contribution in [0.1, 0.15) is 47.8 Å². The van der Waals surface area contributed by atoms with Crippen LogP contribution in [-0.4, -0.2) is 37.2 Å². The fourth-order valence-electron chi connectivity index (χ4n) is 3.66. The first kappa shape index (κ1) is 23.1. The molecule has 1 aliphatic rings. The molecule has 0 bridgehead atoms. The van der Waals surface area contributed by atoms with Crippen LogP contribution >= 0.6 is 11.3 Å². The second kappa shape index (κ2) is 8.73. The fourth-order valence-corrected chi connectivity index (χ4v) is 5.79. The molecule has 0 fully saturated rings. The van der Waals surface area contributed by atoms with E-state index in [0.717, 1.165) is 16.9 Å². The third-order valence-corrected chi connectivity index (χ3v) is 7.90. The SMILES string of the molecule is COc1ccc2c(c1)[C@H](NS(=O)(=O)c1nnc(NC(=O)c3ccccc3C)s1)CC(C)(C)O2. The number of nitrogens with one attached hydrogen (secondary N) is 2. The molecule has 0 saturated heterocycles. The normalized spacial score (nSPS) is 17.0. The third-order valence-electron chi connectivity index (χ3n) is 5.22. The van der Waals surface area contributed by atoms with E-state index in [1.165, 1.54) is 0 Å². The molecule has 0 spiro atoms. The number of anilines is 1. The molecule has 11 heteroatoms. The number of hydrogen-bond donors (Lipinski definition) is 2. The summed E-state index contributed by atoms with van der Waals surface area (Å²) >= 11 is 0.786. The van der Waals surface area contributed by atoms with Crippen LogP contribution in [0.2, 0.25) is 0 Å². The van der Waals surface area contributed by atoms with Gasteiger partial charge in [-0.25, -0.2) is 13.1 Å². The topological polar surface area (TPSA) is 120 Å². The van der Waals surface area contributed by atoms with E-state index in [4.69, 9.17) is 9.47 Å². The monoisotopic (exact) mass is 488 g/mol. The molecule has 3 aromatic rings. The first-order chi connectivity index (χ1) is 15.6. The van der Waals surface area contributed by atoms with E-state index in [1.807, 2.05) is 32.9 Å². The highest BCUT2D eigenvalue weighted by Gasteiger charge is 2.37. The molecule has 33 heavy (non-hydrogen) atoms. The third kappa shape index (κ3) is 5.00. The Bertz CT molecular complexity index is 1300. The zero-order valence-corrected chi connectivity index (χ0v) is 20.2. The molecule has 2 heterocycles. The van der Waals surface area contributed by atoms with Crippen LogP contribution in [0.4, 0.5) is 5.13 Å². The van der Waals surface area contributed by atoms with Gasteiger partial charge in [0.2, 0.25) is 9.47 Å². The lowest BCUT2D eigenvalue weighted by Crippen LogP contribution is -2.41. The number of carbonyl (C=O) groups excluding carboxylic acids is 1. The van der Waals surface area contributed by atoms with E-state index in [0.29, 0.717) is 29.0 Å². The Hall–Kier alpha value is -3.02. The van der Waals surface area contributed by atoms with Crippen molar-refractivity contribution < 1.29 is 22.7 Å². The van der Waals surface area contributed by atoms with Crippen LogP contribution in [0.3, 0.4) is 0 Å². The van der Waals surface area contributed by atoms with E-state index >= 15 is 0 Å². The number of aromatic nitrogens is 2. The van der Waals surface area contributed by atoms with Gasteiger partial charge in [-0.3, -0.25) is 10.1 Å². The minimum atomic E-state index is -4.01. The molecule has 0 aliphatic carbocycles. The van der Waals surface area contributed by atoms with E-state index in [2.05, 4.69) is 20.2 Å². The lowest BCUT2D eigenvalue weighted by Gasteiger charge is -2.37. The Morgan fingerprint density at radius 2 is 1.97 bits per heavy atom. The minimum absolute atomic E-state index is 0.0954. The molecular weight excluding hydrogens is 464 g/mol. The van der Waals surface area contributed by atoms with Gasteiger partial charge >= 0.3 is 0 Å². The lowest BCUT2D eigenvalue weighted by atomic mass is 9.90. The van der Waals surface area contributed by atoms with Crippen LogP contribution < -0.4 is 19.5 Å². The number of rotatable bonds is 6. The van der Waals surface area contributed by atoms with Gasteiger partial charge in [0.05, 0.1) is 13.2 Å². The Labute approximate surface area is 196 Å². The lowest BCUT2D eigenvalue weighted by molar-refractivity contribution is 0.0700. The molecule has 0 saturated carbocycles. The quantitative estimate of drug-likeness (QED) is 0.508. The number of carbonyl (C=O) groups is 1. The van der Waals surface area contributed by atoms with Crippen molar-refractivity contribution in [1.29, 1.82) is 0 Å². The molecule has 0 unspecified atom stereocenters. The number of benzene rings is 2. The number of nitrogens with zero attached hydrogens (tertiary/aromatic N) is 2. The summed E-state index contributed by atoms with van der Waals surface area (Å²) in [5, 5.41) is 10.4. The summed E-state index contributed by atoms with van der Waals surface area (Å²) in [5.74, 6) is 0.801. The summed E-state index contributed by atoms with van der Waals surface area (Å²) in [5.41, 5.74) is 1.37. The molecule has 1 amide bonds. The average Bonchev–Trinajstić information content (AvgIpc) is 3.22. The van der Waals surface area contributed by atoms with Gasteiger partial charge in [0.1, 0.15) is 17.1 Å². The number of methoxy groups -OCH3 is 1. The molecule has 1 atom stereocenters. The van der Waals surface area contributed by atoms with Crippen molar-refractivity contribution in [2.45, 2.75) is 43.2 Å². The van der Waals surface area contributed by atoms with Crippen molar-refractivity contribution in [2.24, 2.45) is 0 Å². The van der Waals surface area contributed by atoms with E-state index in [1.54, 1.807) is 37.4 Å². The van der Waals surface area contributed by atoms with E-state index < -0.39 is 21.7 Å². The second-order valence-electron chi connectivity index (χ2n) is 8.29. The molecular formula is C22H24N4O5S2. The standard InChI is InChI=1S/C22H24N4O5S2/c1-13-7-5-6-8-15(13)19(27)23-20-24-25-21(32-20)33(28,29)26-17-12-22(2,3)31-18-10-9-14(30-4)11-16(17)18/h5-11,17,26H,12H2,1-4H3,(H,23,24,27)/t17-/m1/s1. The summed E-state index contributed by atoms with van der Waals surface area (Å²) in [6, 6.07) is 11.8. The van der Waals surface area contributed by atoms with Gasteiger partial charge in [0.15, 0.2) is 0 Å². The predicted molar refractivity (Wildman–Crippen MR) is 124 cm³/mol. The van der Waals surface area contributed by atoms with Crippen molar-refractivity contribution in [3.63, 3.8) is 0 Å². The van der Waals surface area contributed by atoms with Crippen molar-refractivity contribution in [2.75, 3.05) is 12.4 Å². The number of amides is 1. The van der Waals surface area contributed by atoms with Crippen LogP contribution in [0.15, 0.2) is 46.8 Å². The van der Waals surface area contributed by atoms with E-state index in [-0.39, 0.29) is 15.4 Å². The highest BCUT2D eigenvalue weighted by molar-refractivity contribution is 7.91.